The minimum Gasteiger partial charge on any atom is -0.464 e. The van der Waals surface area contributed by atoms with Gasteiger partial charge in [-0.05, 0) is 30.3 Å². The molecule has 0 aliphatic rings. The zero-order valence-electron chi connectivity index (χ0n) is 7.78. The van der Waals surface area contributed by atoms with Crippen molar-refractivity contribution in [3.05, 3.63) is 46.9 Å². The number of nitrogens with one attached hydrogen (secondary N) is 2. The van der Waals surface area contributed by atoms with Gasteiger partial charge in [-0.2, -0.15) is 0 Å². The summed E-state index contributed by atoms with van der Waals surface area (Å²) >= 11 is 0. The molecule has 0 atom stereocenters. The van der Waals surface area contributed by atoms with Crippen LogP contribution in [0.15, 0.2) is 45.8 Å². The van der Waals surface area contributed by atoms with Gasteiger partial charge in [-0.15, -0.1) is 0 Å². The molecule has 0 bridgehead atoms. The zero-order chi connectivity index (χ0) is 10.3. The molecule has 0 aliphatic carbocycles. The van der Waals surface area contributed by atoms with Crippen molar-refractivity contribution in [2.24, 2.45) is 0 Å². The lowest BCUT2D eigenvalue weighted by Gasteiger charge is -1.95. The molecule has 3 aromatic rings. The number of furan rings is 1. The lowest BCUT2D eigenvalue weighted by Crippen LogP contribution is -1.97. The van der Waals surface area contributed by atoms with E-state index < -0.39 is 0 Å². The number of rotatable bonds is 1. The molecular formula is C11H8N2O2. The van der Waals surface area contributed by atoms with Gasteiger partial charge in [0.1, 0.15) is 5.76 Å². The highest BCUT2D eigenvalue weighted by Crippen LogP contribution is 2.22. The Labute approximate surface area is 84.5 Å². The fraction of sp³-hybridized carbons (Fsp3) is 0. The van der Waals surface area contributed by atoms with Crippen LogP contribution in [0.3, 0.4) is 0 Å². The molecule has 0 spiro atoms. The highest BCUT2D eigenvalue weighted by atomic mass is 16.3. The van der Waals surface area contributed by atoms with Crippen LogP contribution in [0.4, 0.5) is 0 Å². The van der Waals surface area contributed by atoms with E-state index in [1.54, 1.807) is 6.26 Å². The largest absolute Gasteiger partial charge is 0.464 e. The summed E-state index contributed by atoms with van der Waals surface area (Å²) in [6.45, 7) is 0. The minimum absolute atomic E-state index is 0.113. The number of aromatic amines is 2. The van der Waals surface area contributed by atoms with Gasteiger partial charge in [0.05, 0.1) is 17.2 Å². The molecule has 2 heterocycles. The van der Waals surface area contributed by atoms with E-state index >= 15 is 0 Å². The van der Waals surface area contributed by atoms with Crippen LogP contribution in [0.1, 0.15) is 0 Å². The predicted octanol–water partition coefficient (Wildman–Crippen LogP) is 2.12. The highest BCUT2D eigenvalue weighted by Gasteiger charge is 2.04. The van der Waals surface area contributed by atoms with Crippen molar-refractivity contribution in [3.8, 4) is 11.3 Å². The molecule has 0 amide bonds. The Balaban J connectivity index is 2.30. The maximum atomic E-state index is 11.4. The van der Waals surface area contributed by atoms with Crippen LogP contribution >= 0.6 is 0 Å². The third-order valence-electron chi connectivity index (χ3n) is 2.38. The summed E-state index contributed by atoms with van der Waals surface area (Å²) in [6, 6.07) is 9.25. The Morgan fingerprint density at radius 1 is 1.13 bits per heavy atom. The fourth-order valence-corrected chi connectivity index (χ4v) is 1.63. The number of hydrogen-bond acceptors (Lipinski definition) is 2. The second-order valence-electron chi connectivity index (χ2n) is 3.32. The molecule has 0 saturated heterocycles. The SMILES string of the molecule is O=c1[nH][nH]c2ccc(-c3ccco3)cc12. The fourth-order valence-electron chi connectivity index (χ4n) is 1.63. The van der Waals surface area contributed by atoms with Crippen LogP contribution in [0.25, 0.3) is 22.2 Å². The second-order valence-corrected chi connectivity index (χ2v) is 3.32. The molecule has 0 saturated carbocycles. The number of benzene rings is 1. The molecule has 0 fully saturated rings. The predicted molar refractivity (Wildman–Crippen MR) is 56.6 cm³/mol. The first-order valence-electron chi connectivity index (χ1n) is 4.59. The normalized spacial score (nSPS) is 10.9. The zero-order valence-corrected chi connectivity index (χ0v) is 7.78. The summed E-state index contributed by atoms with van der Waals surface area (Å²) in [7, 11) is 0. The first-order valence-corrected chi connectivity index (χ1v) is 4.59. The van der Waals surface area contributed by atoms with Gasteiger partial charge in [0.2, 0.25) is 0 Å². The third-order valence-corrected chi connectivity index (χ3v) is 2.38. The van der Waals surface area contributed by atoms with Crippen molar-refractivity contribution >= 4 is 10.9 Å². The van der Waals surface area contributed by atoms with Gasteiger partial charge in [-0.3, -0.25) is 15.0 Å². The molecule has 3 rings (SSSR count). The van der Waals surface area contributed by atoms with Crippen LogP contribution in [0, 0.1) is 0 Å². The quantitative estimate of drug-likeness (QED) is 0.632. The summed E-state index contributed by atoms with van der Waals surface area (Å²) in [5.41, 5.74) is 1.59. The highest BCUT2D eigenvalue weighted by molar-refractivity contribution is 5.82. The molecule has 0 aliphatic heterocycles. The van der Waals surface area contributed by atoms with Crippen molar-refractivity contribution in [3.63, 3.8) is 0 Å². The molecule has 4 heteroatoms. The van der Waals surface area contributed by atoms with Crippen molar-refractivity contribution in [1.82, 2.24) is 10.2 Å². The second kappa shape index (κ2) is 2.88. The van der Waals surface area contributed by atoms with Crippen LogP contribution in [-0.4, -0.2) is 10.2 Å². The number of fused-ring (bicyclic) bond motifs is 1. The molecule has 0 radical (unpaired) electrons. The minimum atomic E-state index is -0.113. The summed E-state index contributed by atoms with van der Waals surface area (Å²) in [5, 5.41) is 5.97. The van der Waals surface area contributed by atoms with E-state index in [9.17, 15) is 4.79 Å². The summed E-state index contributed by atoms with van der Waals surface area (Å²) < 4.78 is 5.26. The van der Waals surface area contributed by atoms with Crippen LogP contribution in [0.5, 0.6) is 0 Å². The summed E-state index contributed by atoms with van der Waals surface area (Å²) in [5.74, 6) is 0.762. The van der Waals surface area contributed by atoms with Gasteiger partial charge >= 0.3 is 0 Å². The van der Waals surface area contributed by atoms with Gasteiger partial charge in [0.15, 0.2) is 0 Å². The molecule has 74 valence electrons. The first kappa shape index (κ1) is 8.11. The van der Waals surface area contributed by atoms with E-state index in [0.29, 0.717) is 5.39 Å². The summed E-state index contributed by atoms with van der Waals surface area (Å²) in [4.78, 5) is 11.4. The Morgan fingerprint density at radius 2 is 2.07 bits per heavy atom. The molecule has 0 unspecified atom stereocenters. The summed E-state index contributed by atoms with van der Waals surface area (Å²) in [6.07, 6.45) is 1.61. The smallest absolute Gasteiger partial charge is 0.271 e. The van der Waals surface area contributed by atoms with E-state index in [0.717, 1.165) is 16.8 Å². The van der Waals surface area contributed by atoms with Gasteiger partial charge in [-0.25, -0.2) is 0 Å². The molecular weight excluding hydrogens is 192 g/mol. The van der Waals surface area contributed by atoms with E-state index in [-0.39, 0.29) is 5.56 Å². The molecule has 15 heavy (non-hydrogen) atoms. The molecule has 2 N–H and O–H groups in total. The Bertz CT molecular complexity index is 647. The lowest BCUT2D eigenvalue weighted by atomic mass is 10.1. The van der Waals surface area contributed by atoms with Crippen LogP contribution < -0.4 is 5.56 Å². The average Bonchev–Trinajstić information content (AvgIpc) is 2.88. The van der Waals surface area contributed by atoms with E-state index in [1.807, 2.05) is 30.3 Å². The van der Waals surface area contributed by atoms with Crippen molar-refractivity contribution < 1.29 is 4.42 Å². The average molecular weight is 200 g/mol. The van der Waals surface area contributed by atoms with Gasteiger partial charge in [-0.1, -0.05) is 0 Å². The number of hydrogen-bond donors (Lipinski definition) is 2. The van der Waals surface area contributed by atoms with Crippen molar-refractivity contribution in [1.29, 1.82) is 0 Å². The third kappa shape index (κ3) is 1.19. The molecule has 2 aromatic heterocycles. The topological polar surface area (TPSA) is 61.8 Å². The Hall–Kier alpha value is -2.23. The Morgan fingerprint density at radius 3 is 2.87 bits per heavy atom. The van der Waals surface area contributed by atoms with E-state index in [4.69, 9.17) is 4.42 Å². The maximum absolute atomic E-state index is 11.4. The van der Waals surface area contributed by atoms with Gasteiger partial charge in [0.25, 0.3) is 5.56 Å². The van der Waals surface area contributed by atoms with Crippen molar-refractivity contribution in [2.75, 3.05) is 0 Å². The molecule has 4 nitrogen and oxygen atoms in total. The van der Waals surface area contributed by atoms with Crippen molar-refractivity contribution in [2.45, 2.75) is 0 Å². The van der Waals surface area contributed by atoms with Gasteiger partial charge < -0.3 is 4.42 Å². The first-order chi connectivity index (χ1) is 7.34. The monoisotopic (exact) mass is 200 g/mol. The lowest BCUT2D eigenvalue weighted by molar-refractivity contribution is 0.582. The van der Waals surface area contributed by atoms with Crippen LogP contribution in [0.2, 0.25) is 0 Å². The Kier molecular flexibility index (Phi) is 1.56. The molecule has 1 aromatic carbocycles. The van der Waals surface area contributed by atoms with E-state index in [1.165, 1.54) is 0 Å². The maximum Gasteiger partial charge on any atom is 0.271 e. The number of H-pyrrole nitrogens is 2. The standard InChI is InChI=1S/C11H8N2O2/c14-11-8-6-7(10-2-1-5-15-10)3-4-9(8)12-13-11/h1-6H,(H2,12,13,14). The number of aromatic nitrogens is 2. The van der Waals surface area contributed by atoms with Crippen LogP contribution in [-0.2, 0) is 0 Å². The van der Waals surface area contributed by atoms with E-state index in [2.05, 4.69) is 10.2 Å². The van der Waals surface area contributed by atoms with Gasteiger partial charge in [0, 0.05) is 5.56 Å².